The minimum absolute atomic E-state index is 0. The molecule has 0 radical (unpaired) electrons. The zero-order valence-corrected chi connectivity index (χ0v) is 14.2. The quantitative estimate of drug-likeness (QED) is 0.733. The Morgan fingerprint density at radius 1 is 1.00 bits per heavy atom. The number of pyridine rings is 1. The first-order valence-corrected chi connectivity index (χ1v) is 6.76. The van der Waals surface area contributed by atoms with E-state index in [1.165, 1.54) is 0 Å². The van der Waals surface area contributed by atoms with E-state index >= 15 is 0 Å². The number of imidazole rings is 1. The number of nitrogens with zero attached hydrogens (tertiary/aromatic N) is 3. The van der Waals surface area contributed by atoms with Crippen LogP contribution in [0.3, 0.4) is 0 Å². The lowest BCUT2D eigenvalue weighted by Gasteiger charge is -2.14. The third-order valence-corrected chi connectivity index (χ3v) is 3.61. The number of hydrogen-bond donors (Lipinski definition) is 0. The Hall–Kier alpha value is -2.47. The van der Waals surface area contributed by atoms with Gasteiger partial charge < -0.3 is 18.8 Å². The minimum Gasteiger partial charge on any atom is -0.493 e. The lowest BCUT2D eigenvalue weighted by molar-refractivity contribution is 0.324. The van der Waals surface area contributed by atoms with Crippen LogP contribution in [0, 0.1) is 0 Å². The fourth-order valence-electron chi connectivity index (χ4n) is 2.52. The van der Waals surface area contributed by atoms with Crippen LogP contribution in [0.2, 0.25) is 0 Å². The van der Waals surface area contributed by atoms with Crippen molar-refractivity contribution in [3.63, 3.8) is 0 Å². The van der Waals surface area contributed by atoms with Crippen molar-refractivity contribution < 1.29 is 14.2 Å². The summed E-state index contributed by atoms with van der Waals surface area (Å²) in [6.07, 6.45) is 3.50. The Balaban J connectivity index is 0.00000192. The largest absolute Gasteiger partial charge is 0.493 e. The summed E-state index contributed by atoms with van der Waals surface area (Å²) in [7, 11) is 6.74. The molecule has 3 aromatic rings. The van der Waals surface area contributed by atoms with E-state index in [1.54, 1.807) is 33.7 Å². The van der Waals surface area contributed by atoms with Gasteiger partial charge in [-0.25, -0.2) is 4.98 Å². The number of ether oxygens (including phenoxy) is 3. The average molecular weight is 336 g/mol. The SMILES string of the molecule is COc1cc(-c2nc3cnccc3n2C)cc(OC)c1OC.Cl. The van der Waals surface area contributed by atoms with E-state index in [2.05, 4.69) is 9.97 Å². The lowest BCUT2D eigenvalue weighted by Crippen LogP contribution is -1.98. The predicted octanol–water partition coefficient (Wildman–Crippen LogP) is 3.08. The number of methoxy groups -OCH3 is 3. The molecule has 1 aromatic carbocycles. The molecular weight excluding hydrogens is 318 g/mol. The van der Waals surface area contributed by atoms with E-state index in [9.17, 15) is 0 Å². The van der Waals surface area contributed by atoms with E-state index in [1.807, 2.05) is 29.8 Å². The summed E-state index contributed by atoms with van der Waals surface area (Å²) in [5.41, 5.74) is 2.74. The van der Waals surface area contributed by atoms with E-state index in [4.69, 9.17) is 14.2 Å². The van der Waals surface area contributed by atoms with Crippen molar-refractivity contribution >= 4 is 23.4 Å². The number of fused-ring (bicyclic) bond motifs is 1. The Morgan fingerprint density at radius 3 is 2.17 bits per heavy atom. The summed E-state index contributed by atoms with van der Waals surface area (Å²) in [5, 5.41) is 0. The van der Waals surface area contributed by atoms with Crippen molar-refractivity contribution in [2.75, 3.05) is 21.3 Å². The summed E-state index contributed by atoms with van der Waals surface area (Å²) in [6, 6.07) is 5.70. The van der Waals surface area contributed by atoms with Crippen molar-refractivity contribution in [2.24, 2.45) is 7.05 Å². The predicted molar refractivity (Wildman–Crippen MR) is 90.8 cm³/mol. The number of aromatic nitrogens is 3. The maximum absolute atomic E-state index is 5.40. The van der Waals surface area contributed by atoms with Gasteiger partial charge in [-0.2, -0.15) is 0 Å². The van der Waals surface area contributed by atoms with Crippen LogP contribution in [-0.2, 0) is 7.05 Å². The zero-order valence-electron chi connectivity index (χ0n) is 13.4. The normalized spacial score (nSPS) is 10.3. The van der Waals surface area contributed by atoms with Gasteiger partial charge in [0.2, 0.25) is 5.75 Å². The first-order chi connectivity index (χ1) is 10.7. The van der Waals surface area contributed by atoms with Crippen LogP contribution in [-0.4, -0.2) is 35.9 Å². The highest BCUT2D eigenvalue weighted by atomic mass is 35.5. The fraction of sp³-hybridized carbons (Fsp3) is 0.250. The number of hydrogen-bond acceptors (Lipinski definition) is 5. The van der Waals surface area contributed by atoms with Crippen LogP contribution >= 0.6 is 12.4 Å². The first kappa shape index (κ1) is 16.9. The van der Waals surface area contributed by atoms with E-state index in [-0.39, 0.29) is 12.4 Å². The first-order valence-electron chi connectivity index (χ1n) is 6.76. The third-order valence-electron chi connectivity index (χ3n) is 3.61. The molecule has 7 heteroatoms. The van der Waals surface area contributed by atoms with Gasteiger partial charge in [-0.3, -0.25) is 4.98 Å². The molecular formula is C16H18ClN3O3. The molecule has 6 nitrogen and oxygen atoms in total. The van der Waals surface area contributed by atoms with Gasteiger partial charge in [0.15, 0.2) is 11.5 Å². The van der Waals surface area contributed by atoms with Crippen LogP contribution in [0.4, 0.5) is 0 Å². The Morgan fingerprint density at radius 2 is 1.65 bits per heavy atom. The van der Waals surface area contributed by atoms with Gasteiger partial charge in [-0.05, 0) is 18.2 Å². The second kappa shape index (κ2) is 6.75. The van der Waals surface area contributed by atoms with Crippen molar-refractivity contribution in [1.82, 2.24) is 14.5 Å². The van der Waals surface area contributed by atoms with Crippen LogP contribution in [0.5, 0.6) is 17.2 Å². The Kier molecular flexibility index (Phi) is 4.95. The van der Waals surface area contributed by atoms with E-state index in [0.717, 1.165) is 22.4 Å². The maximum atomic E-state index is 5.40. The van der Waals surface area contributed by atoms with Crippen molar-refractivity contribution in [3.05, 3.63) is 30.6 Å². The van der Waals surface area contributed by atoms with Crippen molar-refractivity contribution in [3.8, 4) is 28.6 Å². The van der Waals surface area contributed by atoms with Gasteiger partial charge in [0, 0.05) is 18.8 Å². The molecule has 0 saturated heterocycles. The molecule has 0 aliphatic carbocycles. The molecule has 0 saturated carbocycles. The molecule has 0 fully saturated rings. The molecule has 2 aromatic heterocycles. The topological polar surface area (TPSA) is 58.4 Å². The van der Waals surface area contributed by atoms with Crippen LogP contribution in [0.15, 0.2) is 30.6 Å². The van der Waals surface area contributed by atoms with Gasteiger partial charge in [0.1, 0.15) is 11.3 Å². The Bertz CT molecular complexity index is 808. The molecule has 0 bridgehead atoms. The average Bonchev–Trinajstić information content (AvgIpc) is 2.90. The summed E-state index contributed by atoms with van der Waals surface area (Å²) in [4.78, 5) is 8.75. The van der Waals surface area contributed by atoms with Gasteiger partial charge in [-0.1, -0.05) is 0 Å². The third kappa shape index (κ3) is 2.77. The highest BCUT2D eigenvalue weighted by Crippen LogP contribution is 2.41. The molecule has 0 spiro atoms. The molecule has 0 N–H and O–H groups in total. The Labute approximate surface area is 140 Å². The standard InChI is InChI=1S/C16H17N3O3.ClH/c1-19-12-5-6-17-9-11(12)18-16(19)10-7-13(20-2)15(22-4)14(8-10)21-3;/h5-9H,1-4H3;1H. The minimum atomic E-state index is 0. The highest BCUT2D eigenvalue weighted by molar-refractivity contribution is 5.85. The molecule has 2 heterocycles. The molecule has 0 aliphatic rings. The smallest absolute Gasteiger partial charge is 0.203 e. The van der Waals surface area contributed by atoms with E-state index in [0.29, 0.717) is 17.2 Å². The molecule has 0 aliphatic heterocycles. The summed E-state index contributed by atoms with van der Waals surface area (Å²) in [6.45, 7) is 0. The van der Waals surface area contributed by atoms with Crippen molar-refractivity contribution in [2.45, 2.75) is 0 Å². The lowest BCUT2D eigenvalue weighted by atomic mass is 10.1. The molecule has 23 heavy (non-hydrogen) atoms. The number of rotatable bonds is 4. The monoisotopic (exact) mass is 335 g/mol. The van der Waals surface area contributed by atoms with Gasteiger partial charge in [0.05, 0.1) is 33.0 Å². The van der Waals surface area contributed by atoms with Crippen molar-refractivity contribution in [1.29, 1.82) is 0 Å². The van der Waals surface area contributed by atoms with Crippen LogP contribution < -0.4 is 14.2 Å². The van der Waals surface area contributed by atoms with Crippen LogP contribution in [0.25, 0.3) is 22.4 Å². The summed E-state index contributed by atoms with van der Waals surface area (Å²) < 4.78 is 18.2. The summed E-state index contributed by atoms with van der Waals surface area (Å²) in [5.74, 6) is 2.57. The van der Waals surface area contributed by atoms with Crippen LogP contribution in [0.1, 0.15) is 0 Å². The highest BCUT2D eigenvalue weighted by Gasteiger charge is 2.17. The number of benzene rings is 1. The van der Waals surface area contributed by atoms with E-state index < -0.39 is 0 Å². The second-order valence-electron chi connectivity index (χ2n) is 4.77. The molecule has 0 unspecified atom stereocenters. The fourth-order valence-corrected chi connectivity index (χ4v) is 2.52. The molecule has 3 rings (SSSR count). The molecule has 0 atom stereocenters. The maximum Gasteiger partial charge on any atom is 0.203 e. The molecule has 122 valence electrons. The zero-order chi connectivity index (χ0) is 15.7. The number of aryl methyl sites for hydroxylation is 1. The van der Waals surface area contributed by atoms with Gasteiger partial charge in [-0.15, -0.1) is 12.4 Å². The molecule has 0 amide bonds. The van der Waals surface area contributed by atoms with Gasteiger partial charge >= 0.3 is 0 Å². The second-order valence-corrected chi connectivity index (χ2v) is 4.77. The number of halogens is 1. The summed E-state index contributed by atoms with van der Waals surface area (Å²) >= 11 is 0. The van der Waals surface area contributed by atoms with Gasteiger partial charge in [0.25, 0.3) is 0 Å².